The fourth-order valence-electron chi connectivity index (χ4n) is 1.34. The first-order valence-electron chi connectivity index (χ1n) is 4.96. The number of carboxylic acid groups (broad SMARTS) is 1. The van der Waals surface area contributed by atoms with E-state index in [9.17, 15) is 4.79 Å². The van der Waals surface area contributed by atoms with E-state index in [0.717, 1.165) is 5.56 Å². The predicted molar refractivity (Wildman–Crippen MR) is 59.8 cm³/mol. The van der Waals surface area contributed by atoms with Gasteiger partial charge in [-0.1, -0.05) is 30.3 Å². The van der Waals surface area contributed by atoms with Crippen LogP contribution in [0.5, 0.6) is 0 Å². The van der Waals surface area contributed by atoms with Crippen LogP contribution in [0, 0.1) is 0 Å². The van der Waals surface area contributed by atoms with E-state index in [1.165, 1.54) is 0 Å². The van der Waals surface area contributed by atoms with Gasteiger partial charge in [-0.15, -0.1) is 0 Å². The Morgan fingerprint density at radius 1 is 1.31 bits per heavy atom. The number of benzene rings is 1. The summed E-state index contributed by atoms with van der Waals surface area (Å²) < 4.78 is 0. The van der Waals surface area contributed by atoms with Crippen LogP contribution in [0.15, 0.2) is 30.3 Å². The molecule has 0 radical (unpaired) electrons. The average molecular weight is 223 g/mol. The molecule has 0 aliphatic rings. The summed E-state index contributed by atoms with van der Waals surface area (Å²) in [5.74, 6) is -1.01. The summed E-state index contributed by atoms with van der Waals surface area (Å²) in [7, 11) is -1.54. The minimum atomic E-state index is -1.54. The maximum Gasteiger partial charge on any atom is 0.466 e. The molecule has 6 heteroatoms. The summed E-state index contributed by atoms with van der Waals surface area (Å²) in [6, 6.07) is 8.35. The van der Waals surface area contributed by atoms with E-state index in [1.807, 2.05) is 30.3 Å². The van der Waals surface area contributed by atoms with Crippen molar-refractivity contribution in [2.45, 2.75) is 12.5 Å². The molecule has 4 N–H and O–H groups in total. The lowest BCUT2D eigenvalue weighted by atomic mass is 9.91. The summed E-state index contributed by atoms with van der Waals surface area (Å²) >= 11 is 0. The maximum absolute atomic E-state index is 10.9. The van der Waals surface area contributed by atoms with Crippen molar-refractivity contribution in [3.63, 3.8) is 0 Å². The number of rotatable bonds is 6. The molecule has 1 atom stereocenters. The third-order valence-electron chi connectivity index (χ3n) is 2.13. The standard InChI is InChI=1S/C10H14BNO4/c13-10(14)9(12-7-11(15)16)6-8-4-2-1-3-5-8/h1-5,9,12,15-16H,6-7H2,(H,13,14). The quantitative estimate of drug-likeness (QED) is 0.478. The normalized spacial score (nSPS) is 12.1. The maximum atomic E-state index is 10.9. The van der Waals surface area contributed by atoms with Crippen LogP contribution in [0.3, 0.4) is 0 Å². The fourth-order valence-corrected chi connectivity index (χ4v) is 1.34. The molecule has 0 fully saturated rings. The van der Waals surface area contributed by atoms with E-state index in [-0.39, 0.29) is 6.44 Å². The van der Waals surface area contributed by atoms with E-state index < -0.39 is 19.1 Å². The molecule has 5 nitrogen and oxygen atoms in total. The molecule has 0 spiro atoms. The molecule has 86 valence electrons. The van der Waals surface area contributed by atoms with Crippen molar-refractivity contribution in [2.75, 3.05) is 6.44 Å². The van der Waals surface area contributed by atoms with Gasteiger partial charge in [0.1, 0.15) is 6.04 Å². The summed E-state index contributed by atoms with van der Waals surface area (Å²) in [5, 5.41) is 28.8. The van der Waals surface area contributed by atoms with Crippen molar-refractivity contribution >= 4 is 13.1 Å². The van der Waals surface area contributed by atoms with E-state index in [4.69, 9.17) is 15.2 Å². The zero-order valence-electron chi connectivity index (χ0n) is 8.71. The molecule has 0 aromatic heterocycles. The molecule has 0 heterocycles. The van der Waals surface area contributed by atoms with Gasteiger partial charge in [-0.2, -0.15) is 0 Å². The third-order valence-corrected chi connectivity index (χ3v) is 2.13. The molecule has 16 heavy (non-hydrogen) atoms. The molecule has 0 bridgehead atoms. The molecule has 1 aromatic carbocycles. The molecule has 0 aliphatic carbocycles. The molecule has 0 amide bonds. The number of hydrogen-bond acceptors (Lipinski definition) is 4. The summed E-state index contributed by atoms with van der Waals surface area (Å²) in [6.07, 6.45) is 0.146. The third kappa shape index (κ3) is 4.44. The highest BCUT2D eigenvalue weighted by Gasteiger charge is 2.19. The Balaban J connectivity index is 2.55. The second-order valence-corrected chi connectivity index (χ2v) is 3.47. The minimum Gasteiger partial charge on any atom is -0.480 e. The second-order valence-electron chi connectivity index (χ2n) is 3.47. The van der Waals surface area contributed by atoms with Crippen LogP contribution in [0.1, 0.15) is 5.56 Å². The zero-order valence-corrected chi connectivity index (χ0v) is 8.71. The monoisotopic (exact) mass is 223 g/mol. The van der Waals surface area contributed by atoms with Crippen molar-refractivity contribution in [3.8, 4) is 0 Å². The van der Waals surface area contributed by atoms with Crippen molar-refractivity contribution in [1.82, 2.24) is 5.32 Å². The predicted octanol–water partition coefficient (Wildman–Crippen LogP) is -0.716. The van der Waals surface area contributed by atoms with Crippen LogP contribution < -0.4 is 5.32 Å². The van der Waals surface area contributed by atoms with Gasteiger partial charge in [0.25, 0.3) is 0 Å². The SMILES string of the molecule is O=C(O)C(Cc1ccccc1)NCB(O)O. The lowest BCUT2D eigenvalue weighted by Gasteiger charge is -2.13. The van der Waals surface area contributed by atoms with Gasteiger partial charge in [0.15, 0.2) is 0 Å². The Morgan fingerprint density at radius 2 is 1.94 bits per heavy atom. The van der Waals surface area contributed by atoms with Gasteiger partial charge in [-0.05, 0) is 12.0 Å². The molecule has 0 saturated heterocycles. The lowest BCUT2D eigenvalue weighted by molar-refractivity contribution is -0.139. The van der Waals surface area contributed by atoms with E-state index in [2.05, 4.69) is 5.32 Å². The zero-order chi connectivity index (χ0) is 12.0. The number of nitrogens with one attached hydrogen (secondary N) is 1. The lowest BCUT2D eigenvalue weighted by Crippen LogP contribution is -2.43. The van der Waals surface area contributed by atoms with E-state index in [1.54, 1.807) is 0 Å². The van der Waals surface area contributed by atoms with Gasteiger partial charge in [-0.25, -0.2) is 0 Å². The van der Waals surface area contributed by atoms with Crippen LogP contribution in [0.2, 0.25) is 0 Å². The van der Waals surface area contributed by atoms with Crippen LogP contribution in [0.4, 0.5) is 0 Å². The van der Waals surface area contributed by atoms with Crippen LogP contribution in [0.25, 0.3) is 0 Å². The van der Waals surface area contributed by atoms with Gasteiger partial charge >= 0.3 is 13.1 Å². The van der Waals surface area contributed by atoms with E-state index >= 15 is 0 Å². The van der Waals surface area contributed by atoms with Gasteiger partial charge in [0.2, 0.25) is 0 Å². The first-order valence-corrected chi connectivity index (χ1v) is 4.96. The summed E-state index contributed by atoms with van der Waals surface area (Å²) in [4.78, 5) is 10.9. The molecule has 0 saturated carbocycles. The number of aliphatic carboxylic acids is 1. The average Bonchev–Trinajstić information content (AvgIpc) is 2.25. The number of hydrogen-bond donors (Lipinski definition) is 4. The summed E-state index contributed by atoms with van der Waals surface area (Å²) in [6.45, 7) is 0. The Kier molecular flexibility index (Phi) is 4.98. The highest BCUT2D eigenvalue weighted by molar-refractivity contribution is 6.41. The molecule has 1 unspecified atom stereocenters. The van der Waals surface area contributed by atoms with Crippen LogP contribution in [-0.2, 0) is 11.2 Å². The Bertz CT molecular complexity index is 331. The molecule has 1 aromatic rings. The first-order chi connectivity index (χ1) is 7.59. The molecule has 0 aliphatic heterocycles. The van der Waals surface area contributed by atoms with Crippen LogP contribution >= 0.6 is 0 Å². The van der Waals surface area contributed by atoms with Crippen LogP contribution in [-0.4, -0.2) is 40.7 Å². The van der Waals surface area contributed by atoms with Gasteiger partial charge in [-0.3, -0.25) is 4.79 Å². The molecular weight excluding hydrogens is 209 g/mol. The van der Waals surface area contributed by atoms with Gasteiger partial charge in [0.05, 0.1) is 0 Å². The molecular formula is C10H14BNO4. The number of carbonyl (C=O) groups is 1. The summed E-state index contributed by atoms with van der Waals surface area (Å²) in [5.41, 5.74) is 0.884. The Labute approximate surface area is 93.9 Å². The minimum absolute atomic E-state index is 0.163. The Hall–Kier alpha value is -1.37. The number of carboxylic acids is 1. The van der Waals surface area contributed by atoms with Crippen molar-refractivity contribution in [1.29, 1.82) is 0 Å². The highest BCUT2D eigenvalue weighted by atomic mass is 16.4. The smallest absolute Gasteiger partial charge is 0.466 e. The van der Waals surface area contributed by atoms with Crippen molar-refractivity contribution in [2.24, 2.45) is 0 Å². The second kappa shape index (κ2) is 6.27. The fraction of sp³-hybridized carbons (Fsp3) is 0.300. The molecule has 1 rings (SSSR count). The topological polar surface area (TPSA) is 89.8 Å². The van der Waals surface area contributed by atoms with Gasteiger partial charge in [0, 0.05) is 6.44 Å². The van der Waals surface area contributed by atoms with Crippen molar-refractivity contribution < 1.29 is 19.9 Å². The van der Waals surface area contributed by atoms with Gasteiger partial charge < -0.3 is 20.5 Å². The van der Waals surface area contributed by atoms with E-state index in [0.29, 0.717) is 6.42 Å². The largest absolute Gasteiger partial charge is 0.480 e. The Morgan fingerprint density at radius 3 is 2.44 bits per heavy atom. The van der Waals surface area contributed by atoms with Crippen molar-refractivity contribution in [3.05, 3.63) is 35.9 Å². The first kappa shape index (κ1) is 12.7. The highest BCUT2D eigenvalue weighted by Crippen LogP contribution is 2.03.